The molecule has 2 aromatic carbocycles. The van der Waals surface area contributed by atoms with E-state index in [9.17, 15) is 13.2 Å². The molecule has 0 atom stereocenters. The Balaban J connectivity index is 2.42. The minimum Gasteiger partial charge on any atom is -0.397 e. The van der Waals surface area contributed by atoms with Crippen molar-refractivity contribution in [2.75, 3.05) is 11.1 Å². The molecule has 0 spiro atoms. The SMILES string of the molecule is N#Cc1ccc(N)c(Nc2cc(C(F)(F)F)ccc2Cl)c1. The Labute approximate surface area is 123 Å². The molecule has 0 saturated heterocycles. The monoisotopic (exact) mass is 311 g/mol. The first-order valence-corrected chi connectivity index (χ1v) is 6.12. The Kier molecular flexibility index (Phi) is 3.96. The highest BCUT2D eigenvalue weighted by molar-refractivity contribution is 6.33. The zero-order chi connectivity index (χ0) is 15.6. The molecule has 0 fully saturated rings. The Morgan fingerprint density at radius 1 is 1.10 bits per heavy atom. The standard InChI is InChI=1S/C14H9ClF3N3/c15-10-3-2-9(14(16,17)18)6-12(10)21-13-5-8(7-19)1-4-11(13)20/h1-6,21H,20H2. The molecule has 0 unspecified atom stereocenters. The van der Waals surface area contributed by atoms with E-state index in [0.29, 0.717) is 16.9 Å². The third kappa shape index (κ3) is 3.38. The summed E-state index contributed by atoms with van der Waals surface area (Å²) in [6.45, 7) is 0. The predicted octanol–water partition coefficient (Wildman–Crippen LogP) is 4.56. The molecule has 0 aliphatic carbocycles. The second-order valence-corrected chi connectivity index (χ2v) is 4.64. The van der Waals surface area contributed by atoms with Gasteiger partial charge in [0, 0.05) is 0 Å². The molecule has 3 nitrogen and oxygen atoms in total. The van der Waals surface area contributed by atoms with Crippen LogP contribution in [0.2, 0.25) is 5.02 Å². The first kappa shape index (κ1) is 15.0. The summed E-state index contributed by atoms with van der Waals surface area (Å²) in [5.41, 5.74) is 5.90. The second kappa shape index (κ2) is 5.54. The summed E-state index contributed by atoms with van der Waals surface area (Å²) in [7, 11) is 0. The van der Waals surface area contributed by atoms with E-state index in [0.717, 1.165) is 18.2 Å². The van der Waals surface area contributed by atoms with E-state index in [1.165, 1.54) is 18.2 Å². The van der Waals surface area contributed by atoms with Gasteiger partial charge in [0.1, 0.15) is 0 Å². The van der Waals surface area contributed by atoms with Crippen molar-refractivity contribution in [3.05, 3.63) is 52.5 Å². The molecule has 3 N–H and O–H groups in total. The highest BCUT2D eigenvalue weighted by Crippen LogP contribution is 2.35. The van der Waals surface area contributed by atoms with Crippen LogP contribution in [0, 0.1) is 11.3 Å². The van der Waals surface area contributed by atoms with Crippen LogP contribution in [0.3, 0.4) is 0 Å². The molecule has 0 heterocycles. The highest BCUT2D eigenvalue weighted by Gasteiger charge is 2.31. The lowest BCUT2D eigenvalue weighted by Crippen LogP contribution is -2.06. The van der Waals surface area contributed by atoms with Gasteiger partial charge in [-0.05, 0) is 36.4 Å². The maximum atomic E-state index is 12.7. The smallest absolute Gasteiger partial charge is 0.397 e. The lowest BCUT2D eigenvalue weighted by atomic mass is 10.1. The number of nitrogens with one attached hydrogen (secondary N) is 1. The Morgan fingerprint density at radius 2 is 1.81 bits per heavy atom. The quantitative estimate of drug-likeness (QED) is 0.799. The van der Waals surface area contributed by atoms with Crippen LogP contribution in [-0.4, -0.2) is 0 Å². The number of nitriles is 1. The number of alkyl halides is 3. The fourth-order valence-electron chi connectivity index (χ4n) is 1.68. The van der Waals surface area contributed by atoms with E-state index < -0.39 is 11.7 Å². The van der Waals surface area contributed by atoms with Gasteiger partial charge in [0.25, 0.3) is 0 Å². The number of hydrogen-bond acceptors (Lipinski definition) is 3. The number of nitrogens with two attached hydrogens (primary N) is 1. The summed E-state index contributed by atoms with van der Waals surface area (Å²) in [4.78, 5) is 0. The van der Waals surface area contributed by atoms with E-state index in [-0.39, 0.29) is 10.7 Å². The van der Waals surface area contributed by atoms with Crippen LogP contribution in [-0.2, 0) is 6.18 Å². The van der Waals surface area contributed by atoms with Crippen molar-refractivity contribution in [1.82, 2.24) is 0 Å². The van der Waals surface area contributed by atoms with Crippen LogP contribution in [0.1, 0.15) is 11.1 Å². The molecule has 0 bridgehead atoms. The Bertz CT molecular complexity index is 720. The van der Waals surface area contributed by atoms with Crippen molar-refractivity contribution in [3.8, 4) is 6.07 Å². The van der Waals surface area contributed by atoms with Gasteiger partial charge in [0.05, 0.1) is 39.3 Å². The highest BCUT2D eigenvalue weighted by atomic mass is 35.5. The first-order valence-electron chi connectivity index (χ1n) is 5.74. The third-order valence-corrected chi connectivity index (χ3v) is 3.08. The maximum absolute atomic E-state index is 12.7. The van der Waals surface area contributed by atoms with Crippen LogP contribution in [0.15, 0.2) is 36.4 Å². The number of hydrogen-bond donors (Lipinski definition) is 2. The predicted molar refractivity (Wildman–Crippen MR) is 75.3 cm³/mol. The molecule has 21 heavy (non-hydrogen) atoms. The number of anilines is 3. The molecule has 0 aliphatic rings. The van der Waals surface area contributed by atoms with Crippen LogP contribution in [0.25, 0.3) is 0 Å². The van der Waals surface area contributed by atoms with Crippen LogP contribution in [0.4, 0.5) is 30.2 Å². The van der Waals surface area contributed by atoms with Crippen molar-refractivity contribution < 1.29 is 13.2 Å². The van der Waals surface area contributed by atoms with Crippen LogP contribution in [0.5, 0.6) is 0 Å². The summed E-state index contributed by atoms with van der Waals surface area (Å²) in [5.74, 6) is 0. The number of halogens is 4. The molecule has 108 valence electrons. The van der Waals surface area contributed by atoms with Gasteiger partial charge in [-0.1, -0.05) is 11.6 Å². The second-order valence-electron chi connectivity index (χ2n) is 4.23. The number of rotatable bonds is 2. The lowest BCUT2D eigenvalue weighted by molar-refractivity contribution is -0.137. The van der Waals surface area contributed by atoms with Crippen molar-refractivity contribution in [1.29, 1.82) is 5.26 Å². The van der Waals surface area contributed by atoms with Gasteiger partial charge in [-0.15, -0.1) is 0 Å². The Morgan fingerprint density at radius 3 is 2.43 bits per heavy atom. The molecule has 0 radical (unpaired) electrons. The van der Waals surface area contributed by atoms with Crippen LogP contribution < -0.4 is 11.1 Å². The molecule has 2 rings (SSSR count). The van der Waals surface area contributed by atoms with Crippen molar-refractivity contribution in [2.24, 2.45) is 0 Å². The topological polar surface area (TPSA) is 61.8 Å². The average Bonchev–Trinajstić information content (AvgIpc) is 2.42. The molecule has 0 aromatic heterocycles. The zero-order valence-electron chi connectivity index (χ0n) is 10.5. The van der Waals surface area contributed by atoms with E-state index in [1.807, 2.05) is 6.07 Å². The first-order chi connectivity index (χ1) is 9.81. The van der Waals surface area contributed by atoms with Gasteiger partial charge < -0.3 is 11.1 Å². The minimum absolute atomic E-state index is 0.0632. The molecule has 0 amide bonds. The minimum atomic E-state index is -4.47. The van der Waals surface area contributed by atoms with E-state index in [2.05, 4.69) is 5.32 Å². The van der Waals surface area contributed by atoms with Crippen LogP contribution >= 0.6 is 11.6 Å². The van der Waals surface area contributed by atoms with Crippen molar-refractivity contribution in [2.45, 2.75) is 6.18 Å². The van der Waals surface area contributed by atoms with Gasteiger partial charge in [-0.2, -0.15) is 18.4 Å². The fourth-order valence-corrected chi connectivity index (χ4v) is 1.84. The number of nitrogens with zero attached hydrogens (tertiary/aromatic N) is 1. The molecular formula is C14H9ClF3N3. The largest absolute Gasteiger partial charge is 0.416 e. The zero-order valence-corrected chi connectivity index (χ0v) is 11.3. The number of nitrogen functional groups attached to an aromatic ring is 1. The van der Waals surface area contributed by atoms with Gasteiger partial charge in [-0.25, -0.2) is 0 Å². The Hall–Kier alpha value is -2.39. The van der Waals surface area contributed by atoms with Gasteiger partial charge >= 0.3 is 6.18 Å². The maximum Gasteiger partial charge on any atom is 0.416 e. The summed E-state index contributed by atoms with van der Waals surface area (Å²) in [5, 5.41) is 11.7. The summed E-state index contributed by atoms with van der Waals surface area (Å²) < 4.78 is 38.1. The van der Waals surface area contributed by atoms with Gasteiger partial charge in [-0.3, -0.25) is 0 Å². The van der Waals surface area contributed by atoms with Crippen molar-refractivity contribution in [3.63, 3.8) is 0 Å². The fraction of sp³-hybridized carbons (Fsp3) is 0.0714. The van der Waals surface area contributed by atoms with Crippen molar-refractivity contribution >= 4 is 28.7 Å². The lowest BCUT2D eigenvalue weighted by Gasteiger charge is -2.14. The molecular weight excluding hydrogens is 303 g/mol. The van der Waals surface area contributed by atoms with Gasteiger partial charge in [0.15, 0.2) is 0 Å². The number of benzene rings is 2. The molecule has 7 heteroatoms. The third-order valence-electron chi connectivity index (χ3n) is 2.75. The summed E-state index contributed by atoms with van der Waals surface area (Å²) in [6, 6.07) is 9.29. The summed E-state index contributed by atoms with van der Waals surface area (Å²) in [6.07, 6.45) is -4.47. The average molecular weight is 312 g/mol. The van der Waals surface area contributed by atoms with E-state index in [4.69, 9.17) is 22.6 Å². The van der Waals surface area contributed by atoms with Gasteiger partial charge in [0.2, 0.25) is 0 Å². The summed E-state index contributed by atoms with van der Waals surface area (Å²) >= 11 is 5.89. The molecule has 2 aromatic rings. The van der Waals surface area contributed by atoms with E-state index in [1.54, 1.807) is 0 Å². The normalized spacial score (nSPS) is 11.0. The molecule has 0 saturated carbocycles. The van der Waals surface area contributed by atoms with E-state index >= 15 is 0 Å². The molecule has 0 aliphatic heterocycles.